The van der Waals surface area contributed by atoms with Gasteiger partial charge in [-0.05, 0) is 31.0 Å². The van der Waals surface area contributed by atoms with Crippen LogP contribution in [-0.2, 0) is 14.8 Å². The van der Waals surface area contributed by atoms with Crippen LogP contribution in [0.1, 0.15) is 12.8 Å². The number of nitro groups is 1. The van der Waals surface area contributed by atoms with E-state index in [9.17, 15) is 23.3 Å². The molecular weight excluding hydrogens is 436 g/mol. The minimum Gasteiger partial charge on any atom is -0.495 e. The highest BCUT2D eigenvalue weighted by Crippen LogP contribution is 2.31. The number of ether oxygens (including phenoxy) is 1. The molecule has 0 aliphatic carbocycles. The number of carbonyl (C=O) groups excluding carboxylic acids is 1. The van der Waals surface area contributed by atoms with Gasteiger partial charge in [0.2, 0.25) is 15.9 Å². The second-order valence-corrected chi connectivity index (χ2v) is 8.87. The normalized spacial score (nSPS) is 15.5. The van der Waals surface area contributed by atoms with Crippen molar-refractivity contribution in [2.45, 2.75) is 17.7 Å². The SMILES string of the molecule is COc1ccc([N+](=O)[O-])cc1NC(=O)C1CCN(S(=O)(=O)c2cccnc2Cl)CC1. The molecule has 1 N–H and O–H groups in total. The maximum Gasteiger partial charge on any atom is 0.271 e. The van der Waals surface area contributed by atoms with Crippen LogP contribution in [0.5, 0.6) is 5.75 Å². The number of benzene rings is 1. The number of nitrogens with zero attached hydrogens (tertiary/aromatic N) is 3. The number of carbonyl (C=O) groups is 1. The van der Waals surface area contributed by atoms with Crippen molar-refractivity contribution in [2.24, 2.45) is 5.92 Å². The summed E-state index contributed by atoms with van der Waals surface area (Å²) in [6.45, 7) is 0.273. The largest absolute Gasteiger partial charge is 0.495 e. The predicted octanol–water partition coefficient (Wildman–Crippen LogP) is 2.69. The van der Waals surface area contributed by atoms with E-state index in [0.29, 0.717) is 18.6 Å². The lowest BCUT2D eigenvalue weighted by Crippen LogP contribution is -2.41. The summed E-state index contributed by atoms with van der Waals surface area (Å²) >= 11 is 5.92. The standard InChI is InChI=1S/C18H19ClN4O6S/c1-29-15-5-4-13(23(25)26)11-14(15)21-18(24)12-6-9-22(10-7-12)30(27,28)16-3-2-8-20-17(16)19/h2-5,8,11-12H,6-7,9-10H2,1H3,(H,21,24). The number of aromatic nitrogens is 1. The van der Waals surface area contributed by atoms with E-state index in [-0.39, 0.29) is 40.4 Å². The number of amides is 1. The smallest absolute Gasteiger partial charge is 0.271 e. The van der Waals surface area contributed by atoms with Crippen LogP contribution < -0.4 is 10.1 Å². The number of halogens is 1. The van der Waals surface area contributed by atoms with Crippen LogP contribution in [0.2, 0.25) is 5.15 Å². The minimum absolute atomic E-state index is 0.0732. The Hall–Kier alpha value is -2.76. The van der Waals surface area contributed by atoms with Crippen molar-refractivity contribution in [3.05, 3.63) is 51.8 Å². The summed E-state index contributed by atoms with van der Waals surface area (Å²) in [4.78, 5) is 26.8. The second-order valence-electron chi connectivity index (χ2n) is 6.60. The van der Waals surface area contributed by atoms with Gasteiger partial charge in [-0.2, -0.15) is 4.31 Å². The molecule has 1 aromatic heterocycles. The van der Waals surface area contributed by atoms with E-state index in [2.05, 4.69) is 10.3 Å². The van der Waals surface area contributed by atoms with Gasteiger partial charge in [0.1, 0.15) is 15.8 Å². The Morgan fingerprint density at radius 2 is 2.03 bits per heavy atom. The van der Waals surface area contributed by atoms with Crippen LogP contribution in [0.25, 0.3) is 0 Å². The first kappa shape index (κ1) is 21.9. The molecule has 3 rings (SSSR count). The monoisotopic (exact) mass is 454 g/mol. The molecule has 160 valence electrons. The first-order valence-electron chi connectivity index (χ1n) is 8.98. The highest BCUT2D eigenvalue weighted by Gasteiger charge is 2.33. The third-order valence-corrected chi connectivity index (χ3v) is 7.16. The number of methoxy groups -OCH3 is 1. The average molecular weight is 455 g/mol. The van der Waals surface area contributed by atoms with E-state index in [0.717, 1.165) is 0 Å². The van der Waals surface area contributed by atoms with Crippen molar-refractivity contribution in [1.82, 2.24) is 9.29 Å². The van der Waals surface area contributed by atoms with Gasteiger partial charge in [0.05, 0.1) is 17.7 Å². The Labute approximate surface area is 178 Å². The van der Waals surface area contributed by atoms with Crippen LogP contribution in [0, 0.1) is 16.0 Å². The Morgan fingerprint density at radius 1 is 1.33 bits per heavy atom. The van der Waals surface area contributed by atoms with Gasteiger partial charge < -0.3 is 10.1 Å². The molecule has 0 spiro atoms. The molecule has 0 saturated carbocycles. The molecule has 1 saturated heterocycles. The van der Waals surface area contributed by atoms with E-state index in [1.165, 1.54) is 47.9 Å². The lowest BCUT2D eigenvalue weighted by Gasteiger charge is -2.30. The van der Waals surface area contributed by atoms with Gasteiger partial charge in [-0.25, -0.2) is 13.4 Å². The first-order valence-corrected chi connectivity index (χ1v) is 10.8. The summed E-state index contributed by atoms with van der Waals surface area (Å²) in [6, 6.07) is 6.78. The fraction of sp³-hybridized carbons (Fsp3) is 0.333. The molecule has 0 bridgehead atoms. The number of nitrogens with one attached hydrogen (secondary N) is 1. The number of hydrogen-bond acceptors (Lipinski definition) is 7. The van der Waals surface area contributed by atoms with Gasteiger partial charge >= 0.3 is 0 Å². The molecule has 0 unspecified atom stereocenters. The molecule has 10 nitrogen and oxygen atoms in total. The van der Waals surface area contributed by atoms with Gasteiger partial charge in [-0.3, -0.25) is 14.9 Å². The number of non-ortho nitro benzene ring substituents is 1. The highest BCUT2D eigenvalue weighted by molar-refractivity contribution is 7.89. The molecule has 1 amide bonds. The van der Waals surface area contributed by atoms with Crippen LogP contribution in [-0.4, -0.2) is 48.7 Å². The van der Waals surface area contributed by atoms with Crippen molar-refractivity contribution in [3.63, 3.8) is 0 Å². The number of hydrogen-bond donors (Lipinski definition) is 1. The fourth-order valence-corrected chi connectivity index (χ4v) is 5.10. The Morgan fingerprint density at radius 3 is 2.63 bits per heavy atom. The average Bonchev–Trinajstić information content (AvgIpc) is 2.73. The van der Waals surface area contributed by atoms with E-state index in [1.54, 1.807) is 0 Å². The van der Waals surface area contributed by atoms with Gasteiger partial charge in [-0.15, -0.1) is 0 Å². The van der Waals surface area contributed by atoms with Crippen molar-refractivity contribution in [1.29, 1.82) is 0 Å². The number of nitro benzene ring substituents is 1. The number of sulfonamides is 1. The molecule has 30 heavy (non-hydrogen) atoms. The zero-order valence-corrected chi connectivity index (χ0v) is 17.5. The van der Waals surface area contributed by atoms with Crippen LogP contribution in [0.4, 0.5) is 11.4 Å². The zero-order chi connectivity index (χ0) is 21.9. The zero-order valence-electron chi connectivity index (χ0n) is 15.9. The summed E-state index contributed by atoms with van der Waals surface area (Å²) in [6.07, 6.45) is 1.99. The third-order valence-electron chi connectivity index (χ3n) is 4.82. The number of pyridine rings is 1. The summed E-state index contributed by atoms with van der Waals surface area (Å²) in [5.74, 6) is -0.518. The summed E-state index contributed by atoms with van der Waals surface area (Å²) in [5, 5.41) is 13.5. The van der Waals surface area contributed by atoms with E-state index in [4.69, 9.17) is 16.3 Å². The highest BCUT2D eigenvalue weighted by atomic mass is 35.5. The fourth-order valence-electron chi connectivity index (χ4n) is 3.20. The first-order chi connectivity index (χ1) is 14.2. The van der Waals surface area contributed by atoms with E-state index >= 15 is 0 Å². The quantitative estimate of drug-likeness (QED) is 0.403. The molecule has 1 aromatic carbocycles. The molecular formula is C18H19ClN4O6S. The Balaban J connectivity index is 1.68. The third kappa shape index (κ3) is 4.53. The molecule has 12 heteroatoms. The molecule has 1 aliphatic heterocycles. The van der Waals surface area contributed by atoms with Crippen LogP contribution in [0.15, 0.2) is 41.4 Å². The number of anilines is 1. The number of rotatable bonds is 6. The lowest BCUT2D eigenvalue weighted by atomic mass is 9.97. The maximum atomic E-state index is 12.8. The molecule has 1 fully saturated rings. The van der Waals surface area contributed by atoms with Crippen molar-refractivity contribution >= 4 is 38.9 Å². The summed E-state index contributed by atoms with van der Waals surface area (Å²) < 4.78 is 32.0. The molecule has 1 aliphatic rings. The van der Waals surface area contributed by atoms with Crippen LogP contribution >= 0.6 is 11.6 Å². The molecule has 2 heterocycles. The lowest BCUT2D eigenvalue weighted by molar-refractivity contribution is -0.384. The van der Waals surface area contributed by atoms with Crippen molar-refractivity contribution in [3.8, 4) is 5.75 Å². The number of piperidine rings is 1. The topological polar surface area (TPSA) is 132 Å². The van der Waals surface area contributed by atoms with E-state index < -0.39 is 20.9 Å². The van der Waals surface area contributed by atoms with Gasteiger partial charge in [0.15, 0.2) is 0 Å². The van der Waals surface area contributed by atoms with Gasteiger partial charge in [-0.1, -0.05) is 11.6 Å². The summed E-state index contributed by atoms with van der Waals surface area (Å²) in [7, 11) is -2.42. The second kappa shape index (κ2) is 8.94. The molecule has 2 aromatic rings. The van der Waals surface area contributed by atoms with Gasteiger partial charge in [0, 0.05) is 37.3 Å². The molecule has 0 atom stereocenters. The molecule has 0 radical (unpaired) electrons. The van der Waals surface area contributed by atoms with Gasteiger partial charge in [0.25, 0.3) is 5.69 Å². The summed E-state index contributed by atoms with van der Waals surface area (Å²) in [5.41, 5.74) is 0.00857. The van der Waals surface area contributed by atoms with Crippen molar-refractivity contribution in [2.75, 3.05) is 25.5 Å². The van der Waals surface area contributed by atoms with Crippen LogP contribution in [0.3, 0.4) is 0 Å². The van der Waals surface area contributed by atoms with E-state index in [1.807, 2.05) is 0 Å². The predicted molar refractivity (Wildman–Crippen MR) is 109 cm³/mol. The Kier molecular flexibility index (Phi) is 6.54. The van der Waals surface area contributed by atoms with Crippen molar-refractivity contribution < 1.29 is 22.9 Å². The Bertz CT molecular complexity index is 1070. The maximum absolute atomic E-state index is 12.8. The minimum atomic E-state index is -3.81.